The van der Waals surface area contributed by atoms with Crippen LogP contribution in [0.3, 0.4) is 0 Å². The lowest BCUT2D eigenvalue weighted by atomic mass is 9.43. The van der Waals surface area contributed by atoms with E-state index in [2.05, 4.69) is 31.4 Å². The largest absolute Gasteiger partial charge is 0.481 e. The van der Waals surface area contributed by atoms with Gasteiger partial charge in [0.2, 0.25) is 5.91 Å². The van der Waals surface area contributed by atoms with Crippen LogP contribution in [0.1, 0.15) is 103 Å². The lowest BCUT2D eigenvalue weighted by molar-refractivity contribution is -0.199. The third-order valence-electron chi connectivity index (χ3n) is 12.3. The van der Waals surface area contributed by atoms with E-state index >= 15 is 0 Å². The fourth-order valence-electron chi connectivity index (χ4n) is 9.33. The monoisotopic (exact) mass is 634 g/mol. The lowest BCUT2D eigenvalue weighted by Crippen LogP contribution is -2.65. The predicted octanol–water partition coefficient (Wildman–Crippen LogP) is 5.18. The smallest absolute Gasteiger partial charge is 0.444 e. The number of carbonyl (C=O) groups excluding carboxylic acids is 3. The first-order chi connectivity index (χ1) is 22.1. The molecule has 3 saturated heterocycles. The van der Waals surface area contributed by atoms with Gasteiger partial charge in [0, 0.05) is 26.1 Å². The summed E-state index contributed by atoms with van der Waals surface area (Å²) in [5, 5.41) is 6.31. The van der Waals surface area contributed by atoms with E-state index in [4.69, 9.17) is 14.0 Å². The zero-order valence-corrected chi connectivity index (χ0v) is 27.8. The fourth-order valence-corrected chi connectivity index (χ4v) is 9.33. The first kappa shape index (κ1) is 31.8. The van der Waals surface area contributed by atoms with E-state index in [9.17, 15) is 14.4 Å². The molecular formula is C35H51BN4O6. The molecule has 3 saturated carbocycles. The Morgan fingerprint density at radius 1 is 0.957 bits per heavy atom. The lowest BCUT2D eigenvalue weighted by Gasteiger charge is -2.64. The summed E-state index contributed by atoms with van der Waals surface area (Å²) in [6.07, 6.45) is 9.72. The van der Waals surface area contributed by atoms with Gasteiger partial charge in [0.25, 0.3) is 0 Å². The van der Waals surface area contributed by atoms with Crippen LogP contribution in [-0.4, -0.2) is 77.8 Å². The number of nitrogens with zero attached hydrogens (tertiary/aromatic N) is 2. The number of nitrogens with one attached hydrogen (secondary N) is 2. The molecule has 0 spiro atoms. The van der Waals surface area contributed by atoms with E-state index in [-0.39, 0.29) is 48.0 Å². The van der Waals surface area contributed by atoms with Crippen molar-refractivity contribution in [3.8, 4) is 0 Å². The minimum atomic E-state index is -0.755. The third kappa shape index (κ3) is 5.91. The minimum Gasteiger partial charge on any atom is -0.444 e. The van der Waals surface area contributed by atoms with Crippen LogP contribution in [0.15, 0.2) is 24.3 Å². The molecule has 3 aliphatic carbocycles. The Bertz CT molecular complexity index is 1300. The average Bonchev–Trinajstić information content (AvgIpc) is 3.75. The third-order valence-corrected chi connectivity index (χ3v) is 12.3. The Labute approximate surface area is 273 Å². The Morgan fingerprint density at radius 3 is 2.37 bits per heavy atom. The van der Waals surface area contributed by atoms with E-state index in [0.29, 0.717) is 31.5 Å². The van der Waals surface area contributed by atoms with Crippen LogP contribution in [-0.2, 0) is 31.9 Å². The van der Waals surface area contributed by atoms with Gasteiger partial charge in [-0.15, -0.1) is 0 Å². The number of hydrogen-bond donors (Lipinski definition) is 2. The number of fused-ring (bicyclic) bond motifs is 2. The Hall–Kier alpha value is -2.79. The molecule has 0 aromatic heterocycles. The molecule has 4 heterocycles. The number of urea groups is 1. The van der Waals surface area contributed by atoms with Gasteiger partial charge in [-0.3, -0.25) is 9.69 Å². The van der Waals surface area contributed by atoms with Gasteiger partial charge in [0.05, 0.1) is 24.2 Å². The molecule has 10 nitrogen and oxygen atoms in total. The molecule has 11 heteroatoms. The second kappa shape index (κ2) is 12.7. The second-order valence-corrected chi connectivity index (χ2v) is 15.5. The molecule has 1 aromatic carbocycles. The van der Waals surface area contributed by atoms with Gasteiger partial charge in [0.1, 0.15) is 12.1 Å². The van der Waals surface area contributed by atoms with Crippen molar-refractivity contribution in [1.29, 1.82) is 0 Å². The van der Waals surface area contributed by atoms with Gasteiger partial charge in [-0.05, 0) is 61.0 Å². The molecule has 8 rings (SSSR count). The summed E-state index contributed by atoms with van der Waals surface area (Å²) in [6.45, 7) is 8.64. The van der Waals surface area contributed by atoms with Crippen molar-refractivity contribution in [2.24, 2.45) is 17.3 Å². The number of amides is 4. The second-order valence-electron chi connectivity index (χ2n) is 15.5. The number of hydrogen-bond acceptors (Lipinski definition) is 6. The van der Waals surface area contributed by atoms with Gasteiger partial charge in [-0.1, -0.05) is 76.6 Å². The number of benzene rings is 1. The standard InChI is InChI=1S/C35H51BN4O6/c1-34(2)25-17-28(34)35(3)29(18-25)45-36(46-35)30-15-9-7-5-4-6-8-12-16-37-32(42)40-22-26(19-27(40)31(41)38-30)44-33(43)39-20-23-13-10-11-14-24(23)21-39/h10-11,13-14,25-30H,4-9,12,15-22H2,1-3H3,(H,37,42)(H,38,41)/t25-,26?,27?,28-,29?,30+,35-/m1/s1. The van der Waals surface area contributed by atoms with Gasteiger partial charge >= 0.3 is 19.2 Å². The van der Waals surface area contributed by atoms with Crippen LogP contribution in [0.5, 0.6) is 0 Å². The van der Waals surface area contributed by atoms with E-state index < -0.39 is 25.4 Å². The fraction of sp³-hybridized carbons (Fsp3) is 0.743. The van der Waals surface area contributed by atoms with Crippen molar-refractivity contribution < 1.29 is 28.4 Å². The number of rotatable bonds is 2. The van der Waals surface area contributed by atoms with Gasteiger partial charge in [-0.2, -0.15) is 0 Å². The van der Waals surface area contributed by atoms with Crippen molar-refractivity contribution in [3.05, 3.63) is 35.4 Å². The maximum atomic E-state index is 14.1. The molecule has 1 aromatic rings. The number of ether oxygens (including phenoxy) is 1. The van der Waals surface area contributed by atoms with E-state index in [1.54, 1.807) is 9.80 Å². The average molecular weight is 635 g/mol. The van der Waals surface area contributed by atoms with Crippen LogP contribution in [0.2, 0.25) is 0 Å². The van der Waals surface area contributed by atoms with E-state index in [1.165, 1.54) is 12.8 Å². The zero-order valence-electron chi connectivity index (χ0n) is 27.8. The maximum Gasteiger partial charge on any atom is 0.481 e. The topological polar surface area (TPSA) is 109 Å². The molecule has 250 valence electrons. The first-order valence-electron chi connectivity index (χ1n) is 17.8. The minimum absolute atomic E-state index is 0.0285. The quantitative estimate of drug-likeness (QED) is 0.435. The Morgan fingerprint density at radius 2 is 1.65 bits per heavy atom. The molecule has 7 atom stereocenters. The van der Waals surface area contributed by atoms with E-state index in [1.807, 2.05) is 24.3 Å². The molecule has 3 unspecified atom stereocenters. The highest BCUT2D eigenvalue weighted by Gasteiger charge is 2.68. The predicted molar refractivity (Wildman–Crippen MR) is 173 cm³/mol. The summed E-state index contributed by atoms with van der Waals surface area (Å²) in [7, 11) is -0.526. The van der Waals surface area contributed by atoms with Gasteiger partial charge < -0.3 is 29.6 Å². The highest BCUT2D eigenvalue weighted by Crippen LogP contribution is 2.65. The van der Waals surface area contributed by atoms with Gasteiger partial charge in [0.15, 0.2) is 0 Å². The van der Waals surface area contributed by atoms with Crippen molar-refractivity contribution in [3.63, 3.8) is 0 Å². The zero-order chi connectivity index (χ0) is 32.1. The summed E-state index contributed by atoms with van der Waals surface area (Å²) in [5.41, 5.74) is 2.10. The number of carbonyl (C=O) groups is 3. The summed E-state index contributed by atoms with van der Waals surface area (Å²) < 4.78 is 19.4. The molecule has 6 fully saturated rings. The Kier molecular flexibility index (Phi) is 8.76. The molecular weight excluding hydrogens is 583 g/mol. The molecule has 2 bridgehead atoms. The molecule has 46 heavy (non-hydrogen) atoms. The summed E-state index contributed by atoms with van der Waals surface area (Å²) in [6, 6.07) is 6.96. The van der Waals surface area contributed by atoms with Gasteiger partial charge in [-0.25, -0.2) is 9.59 Å². The summed E-state index contributed by atoms with van der Waals surface area (Å²) >= 11 is 0. The highest BCUT2D eigenvalue weighted by molar-refractivity contribution is 6.47. The summed E-state index contributed by atoms with van der Waals surface area (Å²) in [5.74, 6) is 0.516. The van der Waals surface area contributed by atoms with Crippen LogP contribution in [0, 0.1) is 17.3 Å². The molecule has 4 amide bonds. The van der Waals surface area contributed by atoms with Crippen LogP contribution in [0.4, 0.5) is 9.59 Å². The van der Waals surface area contributed by atoms with E-state index in [0.717, 1.165) is 62.5 Å². The van der Waals surface area contributed by atoms with Crippen LogP contribution >= 0.6 is 0 Å². The molecule has 0 radical (unpaired) electrons. The van der Waals surface area contributed by atoms with Crippen LogP contribution in [0.25, 0.3) is 0 Å². The van der Waals surface area contributed by atoms with Crippen molar-refractivity contribution in [2.45, 2.75) is 134 Å². The first-order valence-corrected chi connectivity index (χ1v) is 17.8. The normalized spacial score (nSPS) is 36.2. The Balaban J connectivity index is 1.06. The molecule has 4 aliphatic heterocycles. The van der Waals surface area contributed by atoms with Crippen molar-refractivity contribution >= 4 is 25.1 Å². The molecule has 7 aliphatic rings. The van der Waals surface area contributed by atoms with Crippen molar-refractivity contribution in [2.75, 3.05) is 13.1 Å². The summed E-state index contributed by atoms with van der Waals surface area (Å²) in [4.78, 5) is 44.0. The van der Waals surface area contributed by atoms with Crippen molar-refractivity contribution in [1.82, 2.24) is 20.4 Å². The highest BCUT2D eigenvalue weighted by atomic mass is 16.7. The molecule has 2 N–H and O–H groups in total. The SMILES string of the molecule is CC1(C)[C@H]2CC3OB([C@@H]4CCCCCCCCCNC(=O)N5CC(OC(=O)N6Cc7ccccc7C6)CC5C(=O)N4)O[C@]3(C)[C@@H]1C2. The van der Waals surface area contributed by atoms with Crippen LogP contribution < -0.4 is 10.6 Å². The maximum absolute atomic E-state index is 14.1.